The Kier molecular flexibility index (Phi) is 9.09. The van der Waals surface area contributed by atoms with Gasteiger partial charge in [-0.2, -0.15) is 0 Å². The Morgan fingerprint density at radius 3 is 2.29 bits per heavy atom. The quantitative estimate of drug-likeness (QED) is 0.349. The van der Waals surface area contributed by atoms with Gasteiger partial charge in [0.15, 0.2) is 6.29 Å². The van der Waals surface area contributed by atoms with E-state index >= 15 is 0 Å². The van der Waals surface area contributed by atoms with Crippen molar-refractivity contribution in [1.29, 1.82) is 0 Å². The van der Waals surface area contributed by atoms with Crippen LogP contribution in [0, 0.1) is 16.7 Å². The van der Waals surface area contributed by atoms with Crippen LogP contribution in [0.15, 0.2) is 48.5 Å². The van der Waals surface area contributed by atoms with Gasteiger partial charge in [0.05, 0.1) is 25.2 Å². The molecule has 3 aliphatic rings. The lowest BCUT2D eigenvalue weighted by Crippen LogP contribution is -2.46. The third-order valence-electron chi connectivity index (χ3n) is 9.37. The first-order valence-electron chi connectivity index (χ1n) is 15.3. The lowest BCUT2D eigenvalue weighted by atomic mass is 9.65. The van der Waals surface area contributed by atoms with Crippen LogP contribution in [-0.4, -0.2) is 52.2 Å². The average molecular weight is 579 g/mol. The largest absolute Gasteiger partial charge is 0.481 e. The Labute approximate surface area is 249 Å². The number of carboxylic acid groups (broad SMARTS) is 1. The fourth-order valence-corrected chi connectivity index (χ4v) is 7.65. The maximum atomic E-state index is 11.9. The number of ether oxygens (including phenoxy) is 2. The molecule has 5 rings (SSSR count). The van der Waals surface area contributed by atoms with Gasteiger partial charge in [-0.3, -0.25) is 14.5 Å². The van der Waals surface area contributed by atoms with Crippen molar-refractivity contribution < 1.29 is 29.3 Å². The van der Waals surface area contributed by atoms with Gasteiger partial charge in [0.1, 0.15) is 0 Å². The van der Waals surface area contributed by atoms with Crippen LogP contribution >= 0.6 is 0 Å². The van der Waals surface area contributed by atoms with Gasteiger partial charge in [-0.25, -0.2) is 0 Å². The van der Waals surface area contributed by atoms with Crippen LogP contribution in [0.2, 0.25) is 0 Å². The molecule has 0 radical (unpaired) electrons. The molecule has 1 amide bonds. The van der Waals surface area contributed by atoms with E-state index in [0.717, 1.165) is 35.3 Å². The zero-order chi connectivity index (χ0) is 30.1. The molecule has 2 aromatic carbocycles. The van der Waals surface area contributed by atoms with Gasteiger partial charge in [0.25, 0.3) is 0 Å². The lowest BCUT2D eigenvalue weighted by Gasteiger charge is -2.43. The summed E-state index contributed by atoms with van der Waals surface area (Å²) in [5.74, 6) is -1.14. The first kappa shape index (κ1) is 30.7. The Balaban J connectivity index is 1.32. The summed E-state index contributed by atoms with van der Waals surface area (Å²) in [7, 11) is 0. The molecule has 3 N–H and O–H groups in total. The van der Waals surface area contributed by atoms with E-state index in [9.17, 15) is 14.7 Å². The van der Waals surface area contributed by atoms with Gasteiger partial charge in [-0.05, 0) is 46.8 Å². The van der Waals surface area contributed by atoms with E-state index in [1.165, 1.54) is 19.3 Å². The van der Waals surface area contributed by atoms with Crippen molar-refractivity contribution in [2.24, 2.45) is 16.7 Å². The summed E-state index contributed by atoms with van der Waals surface area (Å²) in [6.07, 6.45) is 2.77. The van der Waals surface area contributed by atoms with Crippen molar-refractivity contribution in [3.05, 3.63) is 70.8 Å². The number of rotatable bonds is 10. The monoisotopic (exact) mass is 578 g/mol. The van der Waals surface area contributed by atoms with Gasteiger partial charge in [-0.1, -0.05) is 76.2 Å². The first-order chi connectivity index (χ1) is 19.9. The van der Waals surface area contributed by atoms with Gasteiger partial charge in [-0.15, -0.1) is 0 Å². The number of aliphatic carboxylic acids is 1. The van der Waals surface area contributed by atoms with Gasteiger partial charge in [0.2, 0.25) is 5.91 Å². The van der Waals surface area contributed by atoms with E-state index in [0.29, 0.717) is 23.4 Å². The zero-order valence-electron chi connectivity index (χ0n) is 25.3. The summed E-state index contributed by atoms with van der Waals surface area (Å²) < 4.78 is 13.4. The number of fused-ring (bicyclic) bond motifs is 2. The molecule has 8 heteroatoms. The number of nitrogens with zero attached hydrogens (tertiary/aromatic N) is 1. The first-order valence-corrected chi connectivity index (χ1v) is 15.3. The maximum Gasteiger partial charge on any atom is 0.303 e. The highest BCUT2D eigenvalue weighted by Crippen LogP contribution is 2.53. The molecule has 2 heterocycles. The highest BCUT2D eigenvalue weighted by atomic mass is 16.7. The Bertz CT molecular complexity index is 1250. The van der Waals surface area contributed by atoms with Crippen LogP contribution < -0.4 is 5.32 Å². The number of hydrogen-bond donors (Lipinski definition) is 3. The topological polar surface area (TPSA) is 108 Å². The van der Waals surface area contributed by atoms with Gasteiger partial charge >= 0.3 is 5.97 Å². The number of hydrogen-bond acceptors (Lipinski definition) is 6. The van der Waals surface area contributed by atoms with Crippen molar-refractivity contribution in [2.75, 3.05) is 13.1 Å². The number of likely N-dealkylation sites (tertiary alicyclic amines) is 1. The molecule has 1 aliphatic carbocycles. The highest BCUT2D eigenvalue weighted by Gasteiger charge is 2.51. The van der Waals surface area contributed by atoms with Crippen molar-refractivity contribution in [3.63, 3.8) is 0 Å². The van der Waals surface area contributed by atoms with Gasteiger partial charge in [0, 0.05) is 43.6 Å². The SMILES string of the molecule is CC1C(CN2CC3(C)CC2CC(C)(C)C3)OC(c2ccc(CNC(=O)CCC(=O)O)cc2)OC1c1ccc(CO)cc1. The second-order valence-electron chi connectivity index (χ2n) is 13.9. The number of carbonyl (C=O) groups excluding carboxylic acids is 1. The van der Waals surface area contributed by atoms with Crippen LogP contribution in [0.25, 0.3) is 0 Å². The summed E-state index contributed by atoms with van der Waals surface area (Å²) in [6, 6.07) is 16.4. The molecule has 2 aromatic rings. The molecule has 0 spiro atoms. The maximum absolute atomic E-state index is 11.9. The molecule has 6 unspecified atom stereocenters. The summed E-state index contributed by atoms with van der Waals surface area (Å²) in [5.41, 5.74) is 4.48. The molecule has 3 fully saturated rings. The minimum atomic E-state index is -0.983. The van der Waals surface area contributed by atoms with Crippen LogP contribution in [-0.2, 0) is 32.2 Å². The minimum absolute atomic E-state index is 0.00749. The molecule has 6 atom stereocenters. The minimum Gasteiger partial charge on any atom is -0.481 e. The van der Waals surface area contributed by atoms with E-state index in [1.807, 2.05) is 36.4 Å². The second-order valence-corrected chi connectivity index (χ2v) is 13.9. The number of carboxylic acids is 1. The molecule has 2 aliphatic heterocycles. The predicted molar refractivity (Wildman–Crippen MR) is 159 cm³/mol. The number of amides is 1. The Morgan fingerprint density at radius 1 is 0.952 bits per heavy atom. The normalized spacial score (nSPS) is 30.6. The summed E-state index contributed by atoms with van der Waals surface area (Å²) in [5, 5.41) is 21.1. The van der Waals surface area contributed by atoms with E-state index in [1.54, 1.807) is 0 Å². The standard InChI is InChI=1S/C34H46N2O6/c1-22-28(18-36-21-34(4)16-27(36)15-33(2,3)20-34)41-32(42-31(22)25-9-7-24(19-37)8-10-25)26-11-5-23(6-12-26)17-35-29(38)13-14-30(39)40/h5-12,22,27-28,31-32,37H,13-21H2,1-4H3,(H,35,38)(H,39,40). The number of carbonyl (C=O) groups is 2. The summed E-state index contributed by atoms with van der Waals surface area (Å²) in [6.45, 7) is 11.8. The Morgan fingerprint density at radius 2 is 1.62 bits per heavy atom. The molecular weight excluding hydrogens is 532 g/mol. The Hall–Kier alpha value is -2.78. The van der Waals surface area contributed by atoms with E-state index in [2.05, 4.69) is 50.0 Å². The van der Waals surface area contributed by atoms with Crippen LogP contribution in [0.4, 0.5) is 0 Å². The molecule has 2 saturated heterocycles. The number of aliphatic hydroxyl groups is 1. The third kappa shape index (κ3) is 7.22. The van der Waals surface area contributed by atoms with Crippen molar-refractivity contribution in [1.82, 2.24) is 10.2 Å². The van der Waals surface area contributed by atoms with Crippen molar-refractivity contribution >= 4 is 11.9 Å². The van der Waals surface area contributed by atoms with E-state index in [-0.39, 0.29) is 43.5 Å². The number of benzene rings is 2. The van der Waals surface area contributed by atoms with Crippen LogP contribution in [0.1, 0.15) is 94.4 Å². The summed E-state index contributed by atoms with van der Waals surface area (Å²) >= 11 is 0. The molecule has 2 bridgehead atoms. The van der Waals surface area contributed by atoms with E-state index in [4.69, 9.17) is 14.6 Å². The third-order valence-corrected chi connectivity index (χ3v) is 9.37. The highest BCUT2D eigenvalue weighted by molar-refractivity contribution is 5.80. The smallest absolute Gasteiger partial charge is 0.303 e. The fraction of sp³-hybridized carbons (Fsp3) is 0.588. The molecule has 0 aromatic heterocycles. The molecule has 1 saturated carbocycles. The van der Waals surface area contributed by atoms with Crippen LogP contribution in [0.3, 0.4) is 0 Å². The molecule has 8 nitrogen and oxygen atoms in total. The summed E-state index contributed by atoms with van der Waals surface area (Å²) in [4.78, 5) is 25.3. The molecule has 228 valence electrons. The van der Waals surface area contributed by atoms with Crippen molar-refractivity contribution in [3.8, 4) is 0 Å². The number of aliphatic hydroxyl groups excluding tert-OH is 1. The molecular formula is C34H46N2O6. The zero-order valence-corrected chi connectivity index (χ0v) is 25.3. The van der Waals surface area contributed by atoms with Crippen molar-refractivity contribution in [2.45, 2.75) is 97.5 Å². The molecule has 42 heavy (non-hydrogen) atoms. The second kappa shape index (κ2) is 12.4. The number of nitrogens with one attached hydrogen (secondary N) is 1. The van der Waals surface area contributed by atoms with E-state index < -0.39 is 12.3 Å². The fourth-order valence-electron chi connectivity index (χ4n) is 7.65. The predicted octanol–water partition coefficient (Wildman–Crippen LogP) is 5.35. The average Bonchev–Trinajstić information content (AvgIpc) is 3.19. The van der Waals surface area contributed by atoms with Gasteiger partial charge < -0.3 is 25.0 Å². The van der Waals surface area contributed by atoms with Crippen LogP contribution in [0.5, 0.6) is 0 Å². The lowest BCUT2D eigenvalue weighted by molar-refractivity contribution is -0.276.